The summed E-state index contributed by atoms with van der Waals surface area (Å²) in [7, 11) is 0. The molecule has 0 N–H and O–H groups in total. The van der Waals surface area contributed by atoms with Crippen LogP contribution in [0, 0.1) is 6.92 Å². The fourth-order valence-corrected chi connectivity index (χ4v) is 3.60. The molecule has 3 aromatic rings. The van der Waals surface area contributed by atoms with Crippen molar-refractivity contribution in [1.82, 2.24) is 4.98 Å². The number of hydrogen-bond donors (Lipinski definition) is 0. The van der Waals surface area contributed by atoms with Gasteiger partial charge in [-0.2, -0.15) is 5.10 Å². The van der Waals surface area contributed by atoms with Crippen molar-refractivity contribution in [2.75, 3.05) is 11.6 Å². The van der Waals surface area contributed by atoms with E-state index in [1.165, 1.54) is 4.90 Å². The molecule has 4 rings (SSSR count). The van der Waals surface area contributed by atoms with E-state index in [1.54, 1.807) is 11.8 Å². The lowest BCUT2D eigenvalue weighted by Crippen LogP contribution is -2.12. The zero-order chi connectivity index (χ0) is 15.6. The highest BCUT2D eigenvalue weighted by Gasteiger charge is 2.14. The van der Waals surface area contributed by atoms with Gasteiger partial charge in [0.05, 0.1) is 11.4 Å². The summed E-state index contributed by atoms with van der Waals surface area (Å²) in [6.07, 6.45) is 2.97. The smallest absolute Gasteiger partial charge is 0.205 e. The lowest BCUT2D eigenvalue weighted by atomic mass is 10.2. The Balaban J connectivity index is 1.56. The Morgan fingerprint density at radius 1 is 1.17 bits per heavy atom. The summed E-state index contributed by atoms with van der Waals surface area (Å²) in [5.41, 5.74) is 4.12. The molecular formula is C18H17N3OS. The van der Waals surface area contributed by atoms with E-state index in [9.17, 15) is 0 Å². The number of benzene rings is 2. The van der Waals surface area contributed by atoms with Gasteiger partial charge < -0.3 is 4.42 Å². The molecule has 2 heterocycles. The maximum Gasteiger partial charge on any atom is 0.205 e. The first-order chi connectivity index (χ1) is 11.3. The number of nitrogens with zero attached hydrogens (tertiary/aromatic N) is 3. The summed E-state index contributed by atoms with van der Waals surface area (Å²) in [6.45, 7) is 3.00. The molecule has 5 heteroatoms. The van der Waals surface area contributed by atoms with Crippen molar-refractivity contribution < 1.29 is 4.42 Å². The number of hydrogen-bond acceptors (Lipinski definition) is 5. The number of aromatic nitrogens is 1. The molecule has 0 aliphatic carbocycles. The summed E-state index contributed by atoms with van der Waals surface area (Å²) in [6, 6.07) is 14.4. The molecule has 0 saturated heterocycles. The second kappa shape index (κ2) is 6.08. The largest absolute Gasteiger partial charge is 0.440 e. The van der Waals surface area contributed by atoms with Gasteiger partial charge in [-0.25, -0.2) is 4.98 Å². The average molecular weight is 323 g/mol. The van der Waals surface area contributed by atoms with Crippen LogP contribution >= 0.6 is 11.8 Å². The number of oxazole rings is 1. The number of rotatable bonds is 4. The molecule has 1 aromatic heterocycles. The predicted molar refractivity (Wildman–Crippen MR) is 95.2 cm³/mol. The lowest BCUT2D eigenvalue weighted by molar-refractivity contribution is 0.556. The SMILES string of the molecule is Cc1cccc2oc(CSc3ccccc3N3CCC=N3)nc12. The Morgan fingerprint density at radius 2 is 2.09 bits per heavy atom. The van der Waals surface area contributed by atoms with E-state index in [0.29, 0.717) is 5.75 Å². The van der Waals surface area contributed by atoms with Crippen molar-refractivity contribution >= 4 is 34.8 Å². The highest BCUT2D eigenvalue weighted by atomic mass is 32.2. The third-order valence-corrected chi connectivity index (χ3v) is 4.90. The fraction of sp³-hybridized carbons (Fsp3) is 0.222. The summed E-state index contributed by atoms with van der Waals surface area (Å²) < 4.78 is 5.86. The van der Waals surface area contributed by atoms with Gasteiger partial charge in [-0.15, -0.1) is 11.8 Å². The molecule has 0 unspecified atom stereocenters. The number of aryl methyl sites for hydroxylation is 1. The van der Waals surface area contributed by atoms with Crippen LogP contribution in [0.25, 0.3) is 11.1 Å². The van der Waals surface area contributed by atoms with Crippen LogP contribution in [-0.2, 0) is 5.75 Å². The van der Waals surface area contributed by atoms with Crippen molar-refractivity contribution in [1.29, 1.82) is 0 Å². The number of para-hydroxylation sites is 2. The number of hydrazone groups is 1. The molecule has 0 saturated carbocycles. The van der Waals surface area contributed by atoms with E-state index in [2.05, 4.69) is 52.3 Å². The van der Waals surface area contributed by atoms with E-state index < -0.39 is 0 Å². The quantitative estimate of drug-likeness (QED) is 0.657. The van der Waals surface area contributed by atoms with Crippen molar-refractivity contribution in [2.45, 2.75) is 24.0 Å². The van der Waals surface area contributed by atoms with E-state index in [4.69, 9.17) is 4.42 Å². The standard InChI is InChI=1S/C18H17N3OS/c1-13-6-4-8-15-18(13)20-17(22-15)12-23-16-9-3-2-7-14(16)21-11-5-10-19-21/h2-4,6-10H,5,11-12H2,1H3. The molecule has 1 aliphatic rings. The van der Waals surface area contributed by atoms with Gasteiger partial charge in [-0.1, -0.05) is 24.3 Å². The molecule has 0 radical (unpaired) electrons. The minimum absolute atomic E-state index is 0.711. The van der Waals surface area contributed by atoms with Crippen LogP contribution < -0.4 is 5.01 Å². The van der Waals surface area contributed by atoms with Crippen molar-refractivity contribution in [3.05, 3.63) is 53.9 Å². The van der Waals surface area contributed by atoms with Crippen LogP contribution in [0.2, 0.25) is 0 Å². The number of anilines is 1. The van der Waals surface area contributed by atoms with Crippen molar-refractivity contribution in [3.8, 4) is 0 Å². The lowest BCUT2D eigenvalue weighted by Gasteiger charge is -2.17. The van der Waals surface area contributed by atoms with Gasteiger partial charge in [0.25, 0.3) is 0 Å². The maximum atomic E-state index is 5.86. The predicted octanol–water partition coefficient (Wildman–Crippen LogP) is 4.62. The second-order valence-electron chi connectivity index (χ2n) is 5.50. The molecule has 1 aliphatic heterocycles. The Hall–Kier alpha value is -2.27. The molecule has 0 amide bonds. The van der Waals surface area contributed by atoms with Crippen molar-refractivity contribution in [2.24, 2.45) is 5.10 Å². The van der Waals surface area contributed by atoms with Gasteiger partial charge >= 0.3 is 0 Å². The van der Waals surface area contributed by atoms with Crippen LogP contribution in [0.15, 0.2) is 56.9 Å². The highest BCUT2D eigenvalue weighted by Crippen LogP contribution is 2.33. The Labute approximate surface area is 139 Å². The zero-order valence-corrected chi connectivity index (χ0v) is 13.7. The first-order valence-corrected chi connectivity index (χ1v) is 8.67. The highest BCUT2D eigenvalue weighted by molar-refractivity contribution is 7.98. The monoisotopic (exact) mass is 323 g/mol. The van der Waals surface area contributed by atoms with E-state index in [0.717, 1.165) is 41.2 Å². The van der Waals surface area contributed by atoms with Gasteiger partial charge in [0.15, 0.2) is 5.58 Å². The molecule has 23 heavy (non-hydrogen) atoms. The van der Waals surface area contributed by atoms with E-state index in [1.807, 2.05) is 18.3 Å². The molecule has 0 fully saturated rings. The first-order valence-electron chi connectivity index (χ1n) is 7.68. The van der Waals surface area contributed by atoms with Crippen LogP contribution in [0.4, 0.5) is 5.69 Å². The summed E-state index contributed by atoms with van der Waals surface area (Å²) in [5, 5.41) is 6.48. The molecule has 2 aromatic carbocycles. The summed E-state index contributed by atoms with van der Waals surface area (Å²) >= 11 is 1.74. The molecule has 0 bridgehead atoms. The van der Waals surface area contributed by atoms with Gasteiger partial charge in [0, 0.05) is 24.1 Å². The van der Waals surface area contributed by atoms with E-state index in [-0.39, 0.29) is 0 Å². The molecule has 0 spiro atoms. The van der Waals surface area contributed by atoms with Crippen molar-refractivity contribution in [3.63, 3.8) is 0 Å². The van der Waals surface area contributed by atoms with Gasteiger partial charge in [-0.3, -0.25) is 5.01 Å². The number of fused-ring (bicyclic) bond motifs is 1. The third-order valence-electron chi connectivity index (χ3n) is 3.85. The summed E-state index contributed by atoms with van der Waals surface area (Å²) in [5.74, 6) is 1.47. The fourth-order valence-electron chi connectivity index (χ4n) is 2.70. The second-order valence-corrected chi connectivity index (χ2v) is 6.51. The van der Waals surface area contributed by atoms with Crippen LogP contribution in [-0.4, -0.2) is 17.7 Å². The molecule has 4 nitrogen and oxygen atoms in total. The van der Waals surface area contributed by atoms with Gasteiger partial charge in [0.2, 0.25) is 5.89 Å². The Kier molecular flexibility index (Phi) is 3.79. The zero-order valence-electron chi connectivity index (χ0n) is 12.9. The van der Waals surface area contributed by atoms with Crippen LogP contribution in [0.1, 0.15) is 17.9 Å². The Morgan fingerprint density at radius 3 is 2.91 bits per heavy atom. The maximum absolute atomic E-state index is 5.86. The van der Waals surface area contributed by atoms with Crippen LogP contribution in [0.5, 0.6) is 0 Å². The average Bonchev–Trinajstić information content (AvgIpc) is 3.23. The summed E-state index contributed by atoms with van der Waals surface area (Å²) in [4.78, 5) is 5.82. The minimum Gasteiger partial charge on any atom is -0.440 e. The minimum atomic E-state index is 0.711. The molecule has 116 valence electrons. The number of thioether (sulfide) groups is 1. The topological polar surface area (TPSA) is 41.6 Å². The Bertz CT molecular complexity index is 872. The van der Waals surface area contributed by atoms with Gasteiger partial charge in [0.1, 0.15) is 5.52 Å². The third kappa shape index (κ3) is 2.84. The van der Waals surface area contributed by atoms with Gasteiger partial charge in [-0.05, 0) is 30.7 Å². The van der Waals surface area contributed by atoms with E-state index >= 15 is 0 Å². The first kappa shape index (κ1) is 14.3. The normalized spacial score (nSPS) is 14.0. The molecular weight excluding hydrogens is 306 g/mol. The van der Waals surface area contributed by atoms with Crippen LogP contribution in [0.3, 0.4) is 0 Å². The molecule has 0 atom stereocenters.